The fourth-order valence-electron chi connectivity index (χ4n) is 1.18. The molecule has 2 heterocycles. The molecule has 2 aromatic rings. The topological polar surface area (TPSA) is 52.1 Å². The summed E-state index contributed by atoms with van der Waals surface area (Å²) in [7, 11) is 1.36. The first-order chi connectivity index (χ1) is 7.13. The van der Waals surface area contributed by atoms with Gasteiger partial charge < -0.3 is 4.74 Å². The van der Waals surface area contributed by atoms with Crippen LogP contribution in [0.15, 0.2) is 10.7 Å². The zero-order valence-electron chi connectivity index (χ0n) is 8.07. The minimum Gasteiger partial charge on any atom is -0.465 e. The molecule has 2 rings (SSSR count). The monoisotopic (exact) mass is 286 g/mol. The van der Waals surface area contributed by atoms with E-state index >= 15 is 0 Å². The van der Waals surface area contributed by atoms with Crippen LogP contribution in [0.25, 0.3) is 10.2 Å². The Morgan fingerprint density at radius 1 is 1.60 bits per heavy atom. The first-order valence-electron chi connectivity index (χ1n) is 4.13. The molecule has 4 nitrogen and oxygen atoms in total. The summed E-state index contributed by atoms with van der Waals surface area (Å²) in [5.74, 6) is 0.319. The van der Waals surface area contributed by atoms with Gasteiger partial charge >= 0.3 is 5.97 Å². The van der Waals surface area contributed by atoms with Crippen molar-refractivity contribution in [3.8, 4) is 0 Å². The molecule has 78 valence electrons. The van der Waals surface area contributed by atoms with E-state index in [0.29, 0.717) is 15.2 Å². The maximum atomic E-state index is 11.4. The van der Waals surface area contributed by atoms with Crippen molar-refractivity contribution >= 4 is 43.5 Å². The van der Waals surface area contributed by atoms with E-state index in [4.69, 9.17) is 0 Å². The highest BCUT2D eigenvalue weighted by Crippen LogP contribution is 2.34. The van der Waals surface area contributed by atoms with Crippen LogP contribution >= 0.6 is 27.3 Å². The molecular formula is C9H7BrN2O2S. The molecule has 2 aromatic heterocycles. The molecule has 0 unspecified atom stereocenters. The Bertz CT molecular complexity index is 538. The van der Waals surface area contributed by atoms with Crippen molar-refractivity contribution in [1.82, 2.24) is 9.97 Å². The van der Waals surface area contributed by atoms with Crippen molar-refractivity contribution in [2.24, 2.45) is 0 Å². The third kappa shape index (κ3) is 1.74. The number of halogens is 1. The number of fused-ring (bicyclic) bond motifs is 1. The predicted octanol–water partition coefficient (Wildman–Crippen LogP) is 2.55. The zero-order chi connectivity index (χ0) is 11.0. The third-order valence-electron chi connectivity index (χ3n) is 1.87. The van der Waals surface area contributed by atoms with Crippen LogP contribution in [0.1, 0.15) is 15.5 Å². The largest absolute Gasteiger partial charge is 0.465 e. The number of esters is 1. The quantitative estimate of drug-likeness (QED) is 0.756. The molecule has 0 spiro atoms. The number of thiophene rings is 1. The Morgan fingerprint density at radius 2 is 2.33 bits per heavy atom. The Kier molecular flexibility index (Phi) is 2.70. The smallest absolute Gasteiger partial charge is 0.349 e. The minimum absolute atomic E-state index is 0.359. The molecule has 6 heteroatoms. The number of aromatic nitrogens is 2. The standard InChI is InChI=1S/C9H7BrN2O2S/c1-4-11-3-5-7(12-4)6(10)8(15-5)9(13)14-2/h3H,1-2H3. The van der Waals surface area contributed by atoms with Crippen LogP contribution < -0.4 is 0 Å². The van der Waals surface area contributed by atoms with Crippen molar-refractivity contribution in [1.29, 1.82) is 0 Å². The summed E-state index contributed by atoms with van der Waals surface area (Å²) in [5.41, 5.74) is 0.757. The van der Waals surface area contributed by atoms with Gasteiger partial charge in [0.05, 0.1) is 21.8 Å². The number of methoxy groups -OCH3 is 1. The van der Waals surface area contributed by atoms with Crippen LogP contribution in [-0.4, -0.2) is 23.0 Å². The number of hydrogen-bond donors (Lipinski definition) is 0. The summed E-state index contributed by atoms with van der Waals surface area (Å²) in [4.78, 5) is 20.3. The highest BCUT2D eigenvalue weighted by atomic mass is 79.9. The van der Waals surface area contributed by atoms with E-state index in [-0.39, 0.29) is 5.97 Å². The number of rotatable bonds is 1. The Labute approximate surface area is 98.4 Å². The summed E-state index contributed by atoms with van der Waals surface area (Å²) in [6.07, 6.45) is 1.71. The second kappa shape index (κ2) is 3.86. The van der Waals surface area contributed by atoms with Crippen molar-refractivity contribution in [3.63, 3.8) is 0 Å². The number of carbonyl (C=O) groups excluding carboxylic acids is 1. The first-order valence-corrected chi connectivity index (χ1v) is 5.74. The molecule has 0 aliphatic rings. The Hall–Kier alpha value is -1.01. The molecule has 0 amide bonds. The Balaban J connectivity index is 2.69. The lowest BCUT2D eigenvalue weighted by molar-refractivity contribution is 0.0605. The number of hydrogen-bond acceptors (Lipinski definition) is 5. The van der Waals surface area contributed by atoms with Gasteiger partial charge in [0.25, 0.3) is 0 Å². The molecule has 0 fully saturated rings. The van der Waals surface area contributed by atoms with Crippen LogP contribution in [0.4, 0.5) is 0 Å². The van der Waals surface area contributed by atoms with Crippen LogP contribution in [0, 0.1) is 6.92 Å². The van der Waals surface area contributed by atoms with Gasteiger partial charge in [-0.1, -0.05) is 0 Å². The van der Waals surface area contributed by atoms with Crippen LogP contribution in [0.3, 0.4) is 0 Å². The minimum atomic E-state index is -0.359. The van der Waals surface area contributed by atoms with E-state index in [9.17, 15) is 4.79 Å². The van der Waals surface area contributed by atoms with Crippen molar-refractivity contribution < 1.29 is 9.53 Å². The van der Waals surface area contributed by atoms with Gasteiger partial charge in [-0.05, 0) is 22.9 Å². The van der Waals surface area contributed by atoms with E-state index in [0.717, 1.165) is 10.2 Å². The lowest BCUT2D eigenvalue weighted by Gasteiger charge is -1.94. The van der Waals surface area contributed by atoms with E-state index in [1.807, 2.05) is 0 Å². The van der Waals surface area contributed by atoms with Gasteiger partial charge in [0.2, 0.25) is 0 Å². The lowest BCUT2D eigenvalue weighted by atomic mass is 10.4. The highest BCUT2D eigenvalue weighted by molar-refractivity contribution is 9.10. The van der Waals surface area contributed by atoms with Gasteiger partial charge in [-0.3, -0.25) is 0 Å². The van der Waals surface area contributed by atoms with E-state index in [2.05, 4.69) is 30.6 Å². The molecule has 0 N–H and O–H groups in total. The van der Waals surface area contributed by atoms with E-state index in [1.54, 1.807) is 13.1 Å². The number of nitrogens with zero attached hydrogens (tertiary/aromatic N) is 2. The van der Waals surface area contributed by atoms with Gasteiger partial charge in [-0.15, -0.1) is 11.3 Å². The first kappa shape index (κ1) is 10.5. The highest BCUT2D eigenvalue weighted by Gasteiger charge is 2.18. The number of aryl methyl sites for hydroxylation is 1. The molecule has 0 radical (unpaired) electrons. The van der Waals surface area contributed by atoms with Crippen LogP contribution in [0.2, 0.25) is 0 Å². The molecule has 0 saturated carbocycles. The summed E-state index contributed by atoms with van der Waals surface area (Å²) in [6, 6.07) is 0. The maximum Gasteiger partial charge on any atom is 0.349 e. The molecular weight excluding hydrogens is 280 g/mol. The van der Waals surface area contributed by atoms with E-state index < -0.39 is 0 Å². The van der Waals surface area contributed by atoms with Gasteiger partial charge in [-0.25, -0.2) is 14.8 Å². The second-order valence-electron chi connectivity index (χ2n) is 2.87. The van der Waals surface area contributed by atoms with Crippen molar-refractivity contribution in [2.75, 3.05) is 7.11 Å². The Morgan fingerprint density at radius 3 is 3.00 bits per heavy atom. The SMILES string of the molecule is COC(=O)c1sc2cnc(C)nc2c1Br. The third-order valence-corrected chi connectivity index (χ3v) is 3.99. The lowest BCUT2D eigenvalue weighted by Crippen LogP contribution is -1.98. The average molecular weight is 287 g/mol. The van der Waals surface area contributed by atoms with E-state index in [1.165, 1.54) is 18.4 Å². The fraction of sp³-hybridized carbons (Fsp3) is 0.222. The van der Waals surface area contributed by atoms with Crippen molar-refractivity contribution in [2.45, 2.75) is 6.92 Å². The molecule has 15 heavy (non-hydrogen) atoms. The number of ether oxygens (including phenoxy) is 1. The van der Waals surface area contributed by atoms with Gasteiger partial charge in [0.15, 0.2) is 0 Å². The second-order valence-corrected chi connectivity index (χ2v) is 4.71. The summed E-state index contributed by atoms with van der Waals surface area (Å²) in [6.45, 7) is 1.81. The molecule has 0 aliphatic carbocycles. The van der Waals surface area contributed by atoms with Gasteiger partial charge in [0, 0.05) is 6.20 Å². The van der Waals surface area contributed by atoms with Gasteiger partial charge in [-0.2, -0.15) is 0 Å². The van der Waals surface area contributed by atoms with Crippen LogP contribution in [-0.2, 0) is 4.74 Å². The average Bonchev–Trinajstić information content (AvgIpc) is 2.55. The van der Waals surface area contributed by atoms with Crippen LogP contribution in [0.5, 0.6) is 0 Å². The summed E-state index contributed by atoms with van der Waals surface area (Å²) < 4.78 is 6.22. The zero-order valence-corrected chi connectivity index (χ0v) is 10.5. The molecule has 0 bridgehead atoms. The normalized spacial score (nSPS) is 10.6. The molecule has 0 aromatic carbocycles. The molecule has 0 atom stereocenters. The fourth-order valence-corrected chi connectivity index (χ4v) is 2.94. The maximum absolute atomic E-state index is 11.4. The predicted molar refractivity (Wildman–Crippen MR) is 61.2 cm³/mol. The summed E-state index contributed by atoms with van der Waals surface area (Å²) in [5, 5.41) is 0. The number of carbonyl (C=O) groups is 1. The van der Waals surface area contributed by atoms with Crippen molar-refractivity contribution in [3.05, 3.63) is 21.4 Å². The summed E-state index contributed by atoms with van der Waals surface area (Å²) >= 11 is 4.67. The molecule has 0 saturated heterocycles. The molecule has 0 aliphatic heterocycles. The van der Waals surface area contributed by atoms with Gasteiger partial charge in [0.1, 0.15) is 10.7 Å².